The van der Waals surface area contributed by atoms with Crippen molar-refractivity contribution in [3.05, 3.63) is 35.9 Å². The minimum absolute atomic E-state index is 0.194. The molecule has 1 fully saturated rings. The summed E-state index contributed by atoms with van der Waals surface area (Å²) in [4.78, 5) is 11.8. The average molecular weight is 261 g/mol. The fourth-order valence-electron chi connectivity index (χ4n) is 2.40. The molecule has 19 heavy (non-hydrogen) atoms. The van der Waals surface area contributed by atoms with Crippen molar-refractivity contribution in [2.75, 3.05) is 13.2 Å². The number of carbonyl (C=O) groups excluding carboxylic acids is 1. The van der Waals surface area contributed by atoms with Gasteiger partial charge in [-0.25, -0.2) is 0 Å². The van der Waals surface area contributed by atoms with Gasteiger partial charge < -0.3 is 10.1 Å². The fourth-order valence-corrected chi connectivity index (χ4v) is 2.40. The zero-order valence-electron chi connectivity index (χ0n) is 11.4. The van der Waals surface area contributed by atoms with Gasteiger partial charge in [-0.05, 0) is 37.7 Å². The summed E-state index contributed by atoms with van der Waals surface area (Å²) in [6, 6.07) is 10.8. The summed E-state index contributed by atoms with van der Waals surface area (Å²) in [6.07, 6.45) is 5.65. The monoisotopic (exact) mass is 261 g/mol. The molecule has 0 saturated carbocycles. The van der Waals surface area contributed by atoms with Crippen LogP contribution >= 0.6 is 0 Å². The molecule has 104 valence electrons. The van der Waals surface area contributed by atoms with Crippen molar-refractivity contribution in [2.45, 2.75) is 44.6 Å². The van der Waals surface area contributed by atoms with Crippen LogP contribution in [-0.2, 0) is 16.0 Å². The van der Waals surface area contributed by atoms with E-state index in [1.54, 1.807) is 0 Å². The number of unbranched alkanes of at least 4 members (excludes halogenated alkanes) is 1. The molecule has 0 unspecified atom stereocenters. The highest BCUT2D eigenvalue weighted by Gasteiger charge is 2.15. The van der Waals surface area contributed by atoms with Crippen molar-refractivity contribution in [1.29, 1.82) is 0 Å². The van der Waals surface area contributed by atoms with Gasteiger partial charge in [-0.1, -0.05) is 30.3 Å². The molecule has 1 N–H and O–H groups in total. The Morgan fingerprint density at radius 1 is 1.16 bits per heavy atom. The number of nitrogens with one attached hydrogen (secondary N) is 1. The van der Waals surface area contributed by atoms with Crippen LogP contribution in [0.15, 0.2) is 30.3 Å². The quantitative estimate of drug-likeness (QED) is 0.800. The molecular formula is C16H23NO2. The molecule has 3 nitrogen and oxygen atoms in total. The van der Waals surface area contributed by atoms with Crippen molar-refractivity contribution in [3.63, 3.8) is 0 Å². The predicted octanol–water partition coefficient (Wildman–Crippen LogP) is 2.69. The van der Waals surface area contributed by atoms with E-state index < -0.39 is 0 Å². The van der Waals surface area contributed by atoms with Gasteiger partial charge in [0.25, 0.3) is 0 Å². The molecule has 1 aromatic rings. The van der Waals surface area contributed by atoms with Gasteiger partial charge in [-0.2, -0.15) is 0 Å². The highest BCUT2D eigenvalue weighted by Crippen LogP contribution is 2.08. The molecule has 1 aromatic carbocycles. The number of hydrogen-bond acceptors (Lipinski definition) is 2. The van der Waals surface area contributed by atoms with Crippen LogP contribution < -0.4 is 5.32 Å². The molecule has 3 heteroatoms. The molecular weight excluding hydrogens is 238 g/mol. The van der Waals surface area contributed by atoms with Crippen LogP contribution in [0, 0.1) is 0 Å². The lowest BCUT2D eigenvalue weighted by atomic mass is 10.1. The van der Waals surface area contributed by atoms with Gasteiger partial charge in [0.15, 0.2) is 0 Å². The summed E-state index contributed by atoms with van der Waals surface area (Å²) >= 11 is 0. The Bertz CT molecular complexity index is 372. The molecule has 1 heterocycles. The molecule has 0 radical (unpaired) electrons. The first-order chi connectivity index (χ1) is 9.34. The van der Waals surface area contributed by atoms with Gasteiger partial charge in [0.05, 0.1) is 0 Å². The van der Waals surface area contributed by atoms with E-state index in [0.29, 0.717) is 12.5 Å². The van der Waals surface area contributed by atoms with E-state index in [-0.39, 0.29) is 5.91 Å². The van der Waals surface area contributed by atoms with Crippen LogP contribution in [0.25, 0.3) is 0 Å². The number of aryl methyl sites for hydroxylation is 1. The van der Waals surface area contributed by atoms with Crippen molar-refractivity contribution in [1.82, 2.24) is 5.32 Å². The van der Waals surface area contributed by atoms with Gasteiger partial charge in [-0.15, -0.1) is 0 Å². The molecule has 0 aliphatic carbocycles. The van der Waals surface area contributed by atoms with Crippen LogP contribution in [0.1, 0.15) is 37.7 Å². The molecule has 1 amide bonds. The zero-order chi connectivity index (χ0) is 13.3. The summed E-state index contributed by atoms with van der Waals surface area (Å²) in [5.41, 5.74) is 1.35. The van der Waals surface area contributed by atoms with Crippen LogP contribution in [0.2, 0.25) is 0 Å². The Kier molecular flexibility index (Phi) is 5.89. The SMILES string of the molecule is O=C(CCCCc1ccccc1)NC1CCOCC1. The van der Waals surface area contributed by atoms with Crippen molar-refractivity contribution in [2.24, 2.45) is 0 Å². The Morgan fingerprint density at radius 2 is 1.89 bits per heavy atom. The van der Waals surface area contributed by atoms with E-state index in [0.717, 1.165) is 45.3 Å². The van der Waals surface area contributed by atoms with E-state index >= 15 is 0 Å². The summed E-state index contributed by atoms with van der Waals surface area (Å²) in [7, 11) is 0. The second-order valence-electron chi connectivity index (χ2n) is 5.15. The topological polar surface area (TPSA) is 38.3 Å². The number of benzene rings is 1. The first kappa shape index (κ1) is 14.1. The van der Waals surface area contributed by atoms with Crippen molar-refractivity contribution in [3.8, 4) is 0 Å². The number of amides is 1. The maximum Gasteiger partial charge on any atom is 0.220 e. The van der Waals surface area contributed by atoms with Gasteiger partial charge in [0, 0.05) is 25.7 Å². The summed E-state index contributed by atoms with van der Waals surface area (Å²) in [5.74, 6) is 0.194. The first-order valence-corrected chi connectivity index (χ1v) is 7.25. The van der Waals surface area contributed by atoms with E-state index in [2.05, 4.69) is 29.6 Å². The molecule has 2 rings (SSSR count). The summed E-state index contributed by atoms with van der Waals surface area (Å²) in [6.45, 7) is 1.55. The molecule has 0 aromatic heterocycles. The lowest BCUT2D eigenvalue weighted by Gasteiger charge is -2.23. The largest absolute Gasteiger partial charge is 0.381 e. The van der Waals surface area contributed by atoms with Gasteiger partial charge in [-0.3, -0.25) is 4.79 Å². The number of ether oxygens (including phenoxy) is 1. The van der Waals surface area contributed by atoms with Gasteiger partial charge in [0.1, 0.15) is 0 Å². The summed E-state index contributed by atoms with van der Waals surface area (Å²) < 4.78 is 5.28. The van der Waals surface area contributed by atoms with Gasteiger partial charge in [0.2, 0.25) is 5.91 Å². The van der Waals surface area contributed by atoms with Crippen molar-refractivity contribution < 1.29 is 9.53 Å². The molecule has 1 aliphatic heterocycles. The van der Waals surface area contributed by atoms with E-state index in [1.807, 2.05) is 6.07 Å². The number of carbonyl (C=O) groups is 1. The maximum atomic E-state index is 11.8. The van der Waals surface area contributed by atoms with Crippen LogP contribution in [0.3, 0.4) is 0 Å². The third-order valence-electron chi connectivity index (χ3n) is 3.55. The smallest absolute Gasteiger partial charge is 0.220 e. The Balaban J connectivity index is 1.56. The Labute approximate surface area is 115 Å². The average Bonchev–Trinajstić information content (AvgIpc) is 2.46. The first-order valence-electron chi connectivity index (χ1n) is 7.25. The van der Waals surface area contributed by atoms with E-state index in [4.69, 9.17) is 4.74 Å². The van der Waals surface area contributed by atoms with E-state index in [1.165, 1.54) is 5.56 Å². The zero-order valence-corrected chi connectivity index (χ0v) is 11.4. The van der Waals surface area contributed by atoms with Crippen LogP contribution in [-0.4, -0.2) is 25.2 Å². The third kappa shape index (κ3) is 5.43. The highest BCUT2D eigenvalue weighted by molar-refractivity contribution is 5.76. The normalized spacial score (nSPS) is 16.2. The summed E-state index contributed by atoms with van der Waals surface area (Å²) in [5, 5.41) is 3.10. The molecule has 0 atom stereocenters. The second-order valence-corrected chi connectivity index (χ2v) is 5.15. The second kappa shape index (κ2) is 7.95. The highest BCUT2D eigenvalue weighted by atomic mass is 16.5. The molecule has 1 aliphatic rings. The third-order valence-corrected chi connectivity index (χ3v) is 3.55. The number of hydrogen-bond donors (Lipinski definition) is 1. The number of rotatable bonds is 6. The standard InChI is InChI=1S/C16H23NO2/c18-16(17-15-10-12-19-13-11-15)9-5-4-8-14-6-2-1-3-7-14/h1-3,6-7,15H,4-5,8-13H2,(H,17,18). The van der Waals surface area contributed by atoms with Crippen LogP contribution in [0.5, 0.6) is 0 Å². The minimum atomic E-state index is 0.194. The minimum Gasteiger partial charge on any atom is -0.381 e. The molecule has 0 spiro atoms. The maximum absolute atomic E-state index is 11.8. The lowest BCUT2D eigenvalue weighted by Crippen LogP contribution is -2.38. The molecule has 0 bridgehead atoms. The van der Waals surface area contributed by atoms with Crippen LogP contribution in [0.4, 0.5) is 0 Å². The van der Waals surface area contributed by atoms with Gasteiger partial charge >= 0.3 is 0 Å². The van der Waals surface area contributed by atoms with Crippen molar-refractivity contribution >= 4 is 5.91 Å². The predicted molar refractivity (Wildman–Crippen MR) is 76.0 cm³/mol. The Morgan fingerprint density at radius 3 is 2.63 bits per heavy atom. The van der Waals surface area contributed by atoms with E-state index in [9.17, 15) is 4.79 Å². The fraction of sp³-hybridized carbons (Fsp3) is 0.562. The lowest BCUT2D eigenvalue weighted by molar-refractivity contribution is -0.122. The molecule has 1 saturated heterocycles. The Hall–Kier alpha value is -1.35.